The van der Waals surface area contributed by atoms with E-state index in [9.17, 15) is 4.79 Å². The van der Waals surface area contributed by atoms with Gasteiger partial charge in [-0.15, -0.1) is 10.2 Å². The molecule has 2 aromatic heterocycles. The summed E-state index contributed by atoms with van der Waals surface area (Å²) in [5.41, 5.74) is 0.770. The maximum Gasteiger partial charge on any atom is 0.277 e. The largest absolute Gasteiger partial charge is 0.411 e. The van der Waals surface area contributed by atoms with E-state index in [1.54, 1.807) is 12.4 Å². The van der Waals surface area contributed by atoms with Gasteiger partial charge in [0.25, 0.3) is 5.22 Å². The Morgan fingerprint density at radius 1 is 1.35 bits per heavy atom. The molecule has 2 aromatic rings. The average molecular weight is 332 g/mol. The molecule has 0 saturated heterocycles. The second-order valence-electron chi connectivity index (χ2n) is 5.72. The molecule has 1 saturated carbocycles. The molecule has 0 spiro atoms. The van der Waals surface area contributed by atoms with Crippen LogP contribution in [-0.4, -0.2) is 32.4 Å². The second-order valence-corrected chi connectivity index (χ2v) is 7.01. The van der Waals surface area contributed by atoms with Gasteiger partial charge in [0.15, 0.2) is 0 Å². The van der Waals surface area contributed by atoms with Gasteiger partial charge in [0.2, 0.25) is 11.8 Å². The fourth-order valence-corrected chi connectivity index (χ4v) is 3.33. The molecule has 2 heterocycles. The molecule has 1 aliphatic rings. The predicted molar refractivity (Wildman–Crippen MR) is 87.9 cm³/mol. The molecule has 1 N–H and O–H groups in total. The summed E-state index contributed by atoms with van der Waals surface area (Å²) in [7, 11) is 0. The van der Waals surface area contributed by atoms with Crippen molar-refractivity contribution in [1.82, 2.24) is 20.5 Å². The summed E-state index contributed by atoms with van der Waals surface area (Å²) in [4.78, 5) is 16.3. The maximum absolute atomic E-state index is 12.3. The number of carbonyl (C=O) groups is 1. The van der Waals surface area contributed by atoms with Gasteiger partial charge in [-0.2, -0.15) is 0 Å². The quantitative estimate of drug-likeness (QED) is 0.848. The number of rotatable bonds is 5. The molecular formula is C16H20N4O2S. The van der Waals surface area contributed by atoms with Crippen LogP contribution in [0, 0.1) is 0 Å². The minimum atomic E-state index is -0.265. The highest BCUT2D eigenvalue weighted by Crippen LogP contribution is 2.26. The Morgan fingerprint density at radius 3 is 2.91 bits per heavy atom. The monoisotopic (exact) mass is 332 g/mol. The Labute approximate surface area is 139 Å². The summed E-state index contributed by atoms with van der Waals surface area (Å²) in [6.45, 7) is 1.86. The van der Waals surface area contributed by atoms with Crippen LogP contribution in [0.25, 0.3) is 11.5 Å². The molecule has 7 heteroatoms. The van der Waals surface area contributed by atoms with Crippen LogP contribution in [0.1, 0.15) is 39.0 Å². The van der Waals surface area contributed by atoms with Gasteiger partial charge in [-0.25, -0.2) is 0 Å². The fourth-order valence-electron chi connectivity index (χ4n) is 2.63. The van der Waals surface area contributed by atoms with Gasteiger partial charge < -0.3 is 9.73 Å². The van der Waals surface area contributed by atoms with Crippen molar-refractivity contribution in [1.29, 1.82) is 0 Å². The zero-order chi connectivity index (χ0) is 16.1. The molecule has 0 aliphatic heterocycles. The second kappa shape index (κ2) is 7.59. The average Bonchev–Trinajstić information content (AvgIpc) is 3.05. The van der Waals surface area contributed by atoms with E-state index in [-0.39, 0.29) is 11.2 Å². The van der Waals surface area contributed by atoms with Crippen molar-refractivity contribution in [3.05, 3.63) is 24.5 Å². The number of nitrogens with one attached hydrogen (secondary N) is 1. The zero-order valence-electron chi connectivity index (χ0n) is 13.1. The van der Waals surface area contributed by atoms with Crippen LogP contribution in [0.2, 0.25) is 0 Å². The van der Waals surface area contributed by atoms with Crippen molar-refractivity contribution in [3.8, 4) is 11.5 Å². The molecule has 0 bridgehead atoms. The third-order valence-electron chi connectivity index (χ3n) is 3.91. The van der Waals surface area contributed by atoms with Crippen LogP contribution in [0.15, 0.2) is 34.2 Å². The van der Waals surface area contributed by atoms with Crippen molar-refractivity contribution in [3.63, 3.8) is 0 Å². The molecule has 3 rings (SSSR count). The lowest BCUT2D eigenvalue weighted by atomic mass is 9.95. The van der Waals surface area contributed by atoms with Crippen LogP contribution in [0.5, 0.6) is 0 Å². The Balaban J connectivity index is 1.56. The van der Waals surface area contributed by atoms with Gasteiger partial charge >= 0.3 is 0 Å². The molecule has 1 amide bonds. The van der Waals surface area contributed by atoms with Crippen LogP contribution in [-0.2, 0) is 4.79 Å². The Bertz CT molecular complexity index is 641. The van der Waals surface area contributed by atoms with E-state index < -0.39 is 0 Å². The van der Waals surface area contributed by atoms with Gasteiger partial charge in [0.05, 0.1) is 10.8 Å². The van der Waals surface area contributed by atoms with E-state index in [2.05, 4.69) is 20.5 Å². The summed E-state index contributed by atoms with van der Waals surface area (Å²) < 4.78 is 5.60. The molecule has 1 aliphatic carbocycles. The topological polar surface area (TPSA) is 80.9 Å². The smallest absolute Gasteiger partial charge is 0.277 e. The number of pyridine rings is 1. The molecule has 0 aromatic carbocycles. The van der Waals surface area contributed by atoms with E-state index in [0.717, 1.165) is 18.4 Å². The van der Waals surface area contributed by atoms with Gasteiger partial charge in [-0.05, 0) is 31.9 Å². The molecule has 23 heavy (non-hydrogen) atoms. The summed E-state index contributed by atoms with van der Waals surface area (Å²) in [6.07, 6.45) is 9.18. The van der Waals surface area contributed by atoms with E-state index >= 15 is 0 Å². The van der Waals surface area contributed by atoms with Crippen molar-refractivity contribution < 1.29 is 9.21 Å². The van der Waals surface area contributed by atoms with Crippen LogP contribution >= 0.6 is 11.8 Å². The third kappa shape index (κ3) is 4.31. The summed E-state index contributed by atoms with van der Waals surface area (Å²) in [6, 6.07) is 3.98. The first-order chi connectivity index (χ1) is 11.2. The maximum atomic E-state index is 12.3. The number of thioether (sulfide) groups is 1. The third-order valence-corrected chi connectivity index (χ3v) is 4.85. The van der Waals surface area contributed by atoms with Gasteiger partial charge in [-0.1, -0.05) is 31.0 Å². The lowest BCUT2D eigenvalue weighted by molar-refractivity contribution is -0.121. The standard InChI is InChI=1S/C16H20N4O2S/c1-11(14(21)18-13-7-3-2-4-8-13)23-16-20-19-15(22-16)12-6-5-9-17-10-12/h5-6,9-11,13H,2-4,7-8H2,1H3,(H,18,21)/t11-/m1/s1. The highest BCUT2D eigenvalue weighted by atomic mass is 32.2. The summed E-state index contributed by atoms with van der Waals surface area (Å²) in [5.74, 6) is 0.448. The Hall–Kier alpha value is -1.89. The number of amides is 1. The normalized spacial score (nSPS) is 16.9. The SMILES string of the molecule is C[C@@H](Sc1nnc(-c2cccnc2)o1)C(=O)NC1CCCCC1. The lowest BCUT2D eigenvalue weighted by Crippen LogP contribution is -2.40. The highest BCUT2D eigenvalue weighted by molar-refractivity contribution is 8.00. The first-order valence-electron chi connectivity index (χ1n) is 7.93. The number of hydrogen-bond donors (Lipinski definition) is 1. The van der Waals surface area contributed by atoms with Crippen LogP contribution in [0.3, 0.4) is 0 Å². The minimum absolute atomic E-state index is 0.0306. The first-order valence-corrected chi connectivity index (χ1v) is 8.81. The number of aromatic nitrogens is 3. The molecule has 6 nitrogen and oxygen atoms in total. The van der Waals surface area contributed by atoms with Gasteiger partial charge in [-0.3, -0.25) is 9.78 Å². The van der Waals surface area contributed by atoms with Crippen molar-refractivity contribution in [2.75, 3.05) is 0 Å². The molecule has 122 valence electrons. The minimum Gasteiger partial charge on any atom is -0.411 e. The summed E-state index contributed by atoms with van der Waals surface area (Å²) in [5, 5.41) is 11.3. The van der Waals surface area contributed by atoms with E-state index in [0.29, 0.717) is 17.2 Å². The number of nitrogens with zero attached hydrogens (tertiary/aromatic N) is 3. The predicted octanol–water partition coefficient (Wildman–Crippen LogP) is 3.06. The van der Waals surface area contributed by atoms with Gasteiger partial charge in [0.1, 0.15) is 0 Å². The first kappa shape index (κ1) is 16.0. The molecule has 1 fully saturated rings. The molecular weight excluding hydrogens is 312 g/mol. The van der Waals surface area contributed by atoms with E-state index in [4.69, 9.17) is 4.42 Å². The Kier molecular flexibility index (Phi) is 5.27. The van der Waals surface area contributed by atoms with E-state index in [1.807, 2.05) is 19.1 Å². The number of hydrogen-bond acceptors (Lipinski definition) is 6. The molecule has 1 atom stereocenters. The van der Waals surface area contributed by atoms with Crippen molar-refractivity contribution in [2.24, 2.45) is 0 Å². The highest BCUT2D eigenvalue weighted by Gasteiger charge is 2.22. The zero-order valence-corrected chi connectivity index (χ0v) is 13.9. The van der Waals surface area contributed by atoms with Crippen molar-refractivity contribution in [2.45, 2.75) is 55.5 Å². The van der Waals surface area contributed by atoms with E-state index in [1.165, 1.54) is 31.0 Å². The fraction of sp³-hybridized carbons (Fsp3) is 0.500. The van der Waals surface area contributed by atoms with Crippen LogP contribution < -0.4 is 5.32 Å². The van der Waals surface area contributed by atoms with Crippen LogP contribution in [0.4, 0.5) is 0 Å². The molecule has 0 radical (unpaired) electrons. The Morgan fingerprint density at radius 2 is 2.17 bits per heavy atom. The molecule has 0 unspecified atom stereocenters. The summed E-state index contributed by atoms with van der Waals surface area (Å²) >= 11 is 1.28. The lowest BCUT2D eigenvalue weighted by Gasteiger charge is -2.23. The van der Waals surface area contributed by atoms with Gasteiger partial charge in [0, 0.05) is 18.4 Å². The number of carbonyl (C=O) groups excluding carboxylic acids is 1. The van der Waals surface area contributed by atoms with Crippen molar-refractivity contribution >= 4 is 17.7 Å².